The fourth-order valence-corrected chi connectivity index (χ4v) is 3.52. The van der Waals surface area contributed by atoms with Gasteiger partial charge in [0.1, 0.15) is 25.6 Å². The van der Waals surface area contributed by atoms with Gasteiger partial charge in [-0.15, -0.1) is 0 Å². The van der Waals surface area contributed by atoms with Crippen LogP contribution in [0.3, 0.4) is 0 Å². The van der Waals surface area contributed by atoms with E-state index >= 15 is 0 Å². The zero-order valence-corrected chi connectivity index (χ0v) is 19.2. The molecule has 0 amide bonds. The van der Waals surface area contributed by atoms with Gasteiger partial charge in [-0.3, -0.25) is 0 Å². The molecule has 0 heterocycles. The highest BCUT2D eigenvalue weighted by molar-refractivity contribution is 5.53. The molecule has 0 aliphatic rings. The van der Waals surface area contributed by atoms with Crippen LogP contribution in [0.25, 0.3) is 0 Å². The van der Waals surface area contributed by atoms with Crippen LogP contribution in [-0.4, -0.2) is 0 Å². The highest BCUT2D eigenvalue weighted by atomic mass is 16.5. The molecule has 4 nitrogen and oxygen atoms in total. The van der Waals surface area contributed by atoms with E-state index in [0.29, 0.717) is 37.1 Å². The van der Waals surface area contributed by atoms with Gasteiger partial charge in [0.15, 0.2) is 11.5 Å². The molecule has 0 bridgehead atoms. The van der Waals surface area contributed by atoms with E-state index in [1.165, 1.54) is 0 Å². The van der Waals surface area contributed by atoms with E-state index in [2.05, 4.69) is 6.07 Å². The maximum absolute atomic E-state index is 9.64. The molecule has 1 atom stereocenters. The summed E-state index contributed by atoms with van der Waals surface area (Å²) in [7, 11) is 0. The lowest BCUT2D eigenvalue weighted by Crippen LogP contribution is -2.05. The van der Waals surface area contributed by atoms with E-state index in [-0.39, 0.29) is 5.92 Å². The van der Waals surface area contributed by atoms with E-state index < -0.39 is 0 Å². The minimum atomic E-state index is -0.368. The molecule has 0 fully saturated rings. The van der Waals surface area contributed by atoms with Gasteiger partial charge in [-0.1, -0.05) is 91.0 Å². The van der Waals surface area contributed by atoms with Crippen molar-refractivity contribution in [2.45, 2.75) is 32.7 Å². The number of rotatable bonds is 10. The Hall–Kier alpha value is -4.23. The summed E-state index contributed by atoms with van der Waals surface area (Å²) >= 11 is 0. The molecule has 0 aliphatic heterocycles. The number of hydrogen-bond donors (Lipinski definition) is 0. The third kappa shape index (κ3) is 6.17. The van der Waals surface area contributed by atoms with E-state index in [9.17, 15) is 5.26 Å². The van der Waals surface area contributed by atoms with Gasteiger partial charge in [-0.05, 0) is 29.7 Å². The molecule has 4 rings (SSSR count). The Bertz CT molecular complexity index is 1220. The highest BCUT2D eigenvalue weighted by Crippen LogP contribution is 2.39. The lowest BCUT2D eigenvalue weighted by molar-refractivity contribution is 0.250. The van der Waals surface area contributed by atoms with Crippen LogP contribution in [0.2, 0.25) is 0 Å². The topological polar surface area (TPSA) is 51.5 Å². The molecule has 0 aliphatic carbocycles. The summed E-state index contributed by atoms with van der Waals surface area (Å²) in [5, 5.41) is 9.64. The summed E-state index contributed by atoms with van der Waals surface area (Å²) in [5.41, 5.74) is 3.93. The van der Waals surface area contributed by atoms with Crippen LogP contribution in [0.15, 0.2) is 103 Å². The Balaban J connectivity index is 1.64. The first-order valence-corrected chi connectivity index (χ1v) is 11.3. The molecular weight excluding hydrogens is 422 g/mol. The van der Waals surface area contributed by atoms with Crippen molar-refractivity contribution < 1.29 is 14.2 Å². The molecule has 0 saturated heterocycles. The Labute approximate surface area is 201 Å². The van der Waals surface area contributed by atoms with Crippen LogP contribution in [-0.2, 0) is 19.8 Å². The predicted molar refractivity (Wildman–Crippen MR) is 133 cm³/mol. The van der Waals surface area contributed by atoms with Crippen molar-refractivity contribution in [3.63, 3.8) is 0 Å². The second-order valence-electron chi connectivity index (χ2n) is 8.01. The number of nitriles is 1. The van der Waals surface area contributed by atoms with Crippen LogP contribution in [0, 0.1) is 11.3 Å². The standard InChI is InChI=1S/C30H27NO3/c1-23(19-31)27-17-29(33-21-25-13-7-3-8-14-25)30(34-22-26-15-9-4-10-16-26)18-28(27)32-20-24-11-5-2-6-12-24/h2-18,23H,20-22H2,1H3. The molecule has 170 valence electrons. The smallest absolute Gasteiger partial charge is 0.165 e. The summed E-state index contributed by atoms with van der Waals surface area (Å²) in [6.45, 7) is 3.05. The summed E-state index contributed by atoms with van der Waals surface area (Å²) in [5.74, 6) is 1.42. The van der Waals surface area contributed by atoms with Gasteiger partial charge in [0.05, 0.1) is 12.0 Å². The molecule has 0 spiro atoms. The molecule has 4 aromatic rings. The second-order valence-corrected chi connectivity index (χ2v) is 8.01. The van der Waals surface area contributed by atoms with E-state index in [1.807, 2.05) is 110 Å². The van der Waals surface area contributed by atoms with Crippen LogP contribution in [0.5, 0.6) is 17.2 Å². The van der Waals surface area contributed by atoms with Crippen molar-refractivity contribution in [3.8, 4) is 23.3 Å². The summed E-state index contributed by atoms with van der Waals surface area (Å²) in [4.78, 5) is 0. The Morgan fingerprint density at radius 1 is 0.588 bits per heavy atom. The van der Waals surface area contributed by atoms with Gasteiger partial charge < -0.3 is 14.2 Å². The molecule has 0 saturated carbocycles. The van der Waals surface area contributed by atoms with Crippen molar-refractivity contribution in [2.24, 2.45) is 0 Å². The molecule has 4 heteroatoms. The predicted octanol–water partition coefficient (Wildman–Crippen LogP) is 7.05. The van der Waals surface area contributed by atoms with Crippen LogP contribution in [0.1, 0.15) is 35.1 Å². The molecule has 0 aromatic heterocycles. The Morgan fingerprint density at radius 3 is 1.38 bits per heavy atom. The van der Waals surface area contributed by atoms with Gasteiger partial charge in [-0.2, -0.15) is 5.26 Å². The number of ether oxygens (including phenoxy) is 3. The monoisotopic (exact) mass is 449 g/mol. The average Bonchev–Trinajstić information content (AvgIpc) is 2.91. The molecule has 0 radical (unpaired) electrons. The van der Waals surface area contributed by atoms with Gasteiger partial charge in [0.2, 0.25) is 0 Å². The van der Waals surface area contributed by atoms with Crippen molar-refractivity contribution in [3.05, 3.63) is 125 Å². The van der Waals surface area contributed by atoms with E-state index in [4.69, 9.17) is 14.2 Å². The highest BCUT2D eigenvalue weighted by Gasteiger charge is 2.18. The molecule has 0 N–H and O–H groups in total. The second kappa shape index (κ2) is 11.6. The first kappa shape index (κ1) is 22.9. The van der Waals surface area contributed by atoms with Crippen LogP contribution >= 0.6 is 0 Å². The third-order valence-corrected chi connectivity index (χ3v) is 5.45. The molecule has 4 aromatic carbocycles. The number of hydrogen-bond acceptors (Lipinski definition) is 4. The van der Waals surface area contributed by atoms with E-state index in [1.54, 1.807) is 0 Å². The molecular formula is C30H27NO3. The Morgan fingerprint density at radius 2 is 0.971 bits per heavy atom. The molecule has 34 heavy (non-hydrogen) atoms. The first-order chi connectivity index (χ1) is 16.7. The normalized spacial score (nSPS) is 11.3. The zero-order chi connectivity index (χ0) is 23.6. The van der Waals surface area contributed by atoms with Gasteiger partial charge in [-0.25, -0.2) is 0 Å². The average molecular weight is 450 g/mol. The fraction of sp³-hybridized carbons (Fsp3) is 0.167. The van der Waals surface area contributed by atoms with Gasteiger partial charge >= 0.3 is 0 Å². The van der Waals surface area contributed by atoms with Crippen LogP contribution < -0.4 is 14.2 Å². The lowest BCUT2D eigenvalue weighted by Gasteiger charge is -2.19. The van der Waals surface area contributed by atoms with Gasteiger partial charge in [0, 0.05) is 11.6 Å². The first-order valence-electron chi connectivity index (χ1n) is 11.3. The van der Waals surface area contributed by atoms with Crippen LogP contribution in [0.4, 0.5) is 0 Å². The zero-order valence-electron chi connectivity index (χ0n) is 19.2. The maximum Gasteiger partial charge on any atom is 0.165 e. The number of nitrogens with zero attached hydrogens (tertiary/aromatic N) is 1. The largest absolute Gasteiger partial charge is 0.488 e. The SMILES string of the molecule is CC(C#N)c1cc(OCc2ccccc2)c(OCc2ccccc2)cc1OCc1ccccc1. The summed E-state index contributed by atoms with van der Waals surface area (Å²) in [6, 6.07) is 35.9. The summed E-state index contributed by atoms with van der Waals surface area (Å²) in [6.07, 6.45) is 0. The maximum atomic E-state index is 9.64. The Kier molecular flexibility index (Phi) is 7.82. The minimum absolute atomic E-state index is 0.368. The van der Waals surface area contributed by atoms with Crippen molar-refractivity contribution in [1.82, 2.24) is 0 Å². The van der Waals surface area contributed by atoms with Gasteiger partial charge in [0.25, 0.3) is 0 Å². The minimum Gasteiger partial charge on any atom is -0.488 e. The quantitative estimate of drug-likeness (QED) is 0.260. The third-order valence-electron chi connectivity index (χ3n) is 5.45. The van der Waals surface area contributed by atoms with E-state index in [0.717, 1.165) is 22.3 Å². The lowest BCUT2D eigenvalue weighted by atomic mass is 10.0. The summed E-state index contributed by atoms with van der Waals surface area (Å²) < 4.78 is 18.5. The van der Waals surface area contributed by atoms with Crippen molar-refractivity contribution in [2.75, 3.05) is 0 Å². The van der Waals surface area contributed by atoms with Crippen molar-refractivity contribution in [1.29, 1.82) is 5.26 Å². The number of benzene rings is 4. The van der Waals surface area contributed by atoms with Crippen molar-refractivity contribution >= 4 is 0 Å². The fourth-order valence-electron chi connectivity index (χ4n) is 3.52. The molecule has 1 unspecified atom stereocenters.